The number of hydrogen-bond donors (Lipinski definition) is 1. The fourth-order valence-electron chi connectivity index (χ4n) is 2.65. The van der Waals surface area contributed by atoms with Crippen LogP contribution in [0.2, 0.25) is 5.02 Å². The summed E-state index contributed by atoms with van der Waals surface area (Å²) in [6, 6.07) is 8.58. The smallest absolute Gasteiger partial charge is 0.265 e. The highest BCUT2D eigenvalue weighted by Gasteiger charge is 2.19. The molecule has 2 rings (SSSR count). The molecule has 0 atom stereocenters. The molecule has 0 aliphatic carbocycles. The van der Waals surface area contributed by atoms with E-state index in [1.165, 1.54) is 11.3 Å². The molecule has 2 aromatic rings. The molecule has 1 N–H and O–H groups in total. The van der Waals surface area contributed by atoms with Gasteiger partial charge in [0.1, 0.15) is 0 Å². The third kappa shape index (κ3) is 5.58. The van der Waals surface area contributed by atoms with Crippen molar-refractivity contribution in [3.05, 3.63) is 51.2 Å². The van der Waals surface area contributed by atoms with Crippen molar-refractivity contribution in [2.24, 2.45) is 11.8 Å². The summed E-state index contributed by atoms with van der Waals surface area (Å²) in [6.07, 6.45) is 0. The van der Waals surface area contributed by atoms with Gasteiger partial charge in [-0.1, -0.05) is 45.4 Å². The van der Waals surface area contributed by atoms with E-state index in [-0.39, 0.29) is 11.8 Å². The van der Waals surface area contributed by atoms with Crippen LogP contribution in [0.1, 0.15) is 47.7 Å². The van der Waals surface area contributed by atoms with E-state index in [9.17, 15) is 9.59 Å². The zero-order valence-electron chi connectivity index (χ0n) is 15.6. The fourth-order valence-corrected chi connectivity index (χ4v) is 3.43. The van der Waals surface area contributed by atoms with Crippen LogP contribution in [0.25, 0.3) is 0 Å². The highest BCUT2D eigenvalue weighted by atomic mass is 35.5. The van der Waals surface area contributed by atoms with Gasteiger partial charge in [0.2, 0.25) is 0 Å². The van der Waals surface area contributed by atoms with Gasteiger partial charge < -0.3 is 10.2 Å². The lowest BCUT2D eigenvalue weighted by molar-refractivity contribution is 0.0715. The normalized spacial score (nSPS) is 11.0. The molecule has 140 valence electrons. The second-order valence-electron chi connectivity index (χ2n) is 7.12. The van der Waals surface area contributed by atoms with E-state index in [0.29, 0.717) is 46.1 Å². The highest BCUT2D eigenvalue weighted by molar-refractivity contribution is 7.12. The summed E-state index contributed by atoms with van der Waals surface area (Å²) < 4.78 is 0. The van der Waals surface area contributed by atoms with Crippen LogP contribution in [0.5, 0.6) is 0 Å². The van der Waals surface area contributed by atoms with E-state index < -0.39 is 0 Å². The molecule has 26 heavy (non-hydrogen) atoms. The van der Waals surface area contributed by atoms with Gasteiger partial charge in [0.15, 0.2) is 0 Å². The summed E-state index contributed by atoms with van der Waals surface area (Å²) in [7, 11) is 0. The molecule has 0 bridgehead atoms. The molecule has 4 nitrogen and oxygen atoms in total. The Labute approximate surface area is 164 Å². The van der Waals surface area contributed by atoms with Gasteiger partial charge in [-0.3, -0.25) is 9.59 Å². The first-order valence-electron chi connectivity index (χ1n) is 8.71. The predicted octanol–water partition coefficient (Wildman–Crippen LogP) is 5.41. The van der Waals surface area contributed by atoms with E-state index in [1.54, 1.807) is 24.3 Å². The second kappa shape index (κ2) is 9.19. The summed E-state index contributed by atoms with van der Waals surface area (Å²) in [6.45, 7) is 9.75. The van der Waals surface area contributed by atoms with Gasteiger partial charge in [0, 0.05) is 18.7 Å². The monoisotopic (exact) mass is 392 g/mol. The number of benzene rings is 1. The predicted molar refractivity (Wildman–Crippen MR) is 109 cm³/mol. The number of hydrogen-bond acceptors (Lipinski definition) is 3. The van der Waals surface area contributed by atoms with Crippen molar-refractivity contribution < 1.29 is 9.59 Å². The third-order valence-corrected chi connectivity index (χ3v) is 4.86. The molecule has 1 aromatic heterocycles. The minimum absolute atomic E-state index is 0.0457. The number of carbonyl (C=O) groups excluding carboxylic acids is 2. The summed E-state index contributed by atoms with van der Waals surface area (Å²) in [4.78, 5) is 27.7. The Bertz CT molecular complexity index is 747. The standard InChI is InChI=1S/C20H25ClN2O2S/c1-13(2)11-23(12-14(3)4)20(25)15-7-8-16(21)17(10-15)22-19(24)18-6-5-9-26-18/h5-10,13-14H,11-12H2,1-4H3,(H,22,24). The van der Waals surface area contributed by atoms with Gasteiger partial charge in [-0.25, -0.2) is 0 Å². The largest absolute Gasteiger partial charge is 0.338 e. The minimum Gasteiger partial charge on any atom is -0.338 e. The SMILES string of the molecule is CC(C)CN(CC(C)C)C(=O)c1ccc(Cl)c(NC(=O)c2cccs2)c1. The average molecular weight is 393 g/mol. The summed E-state index contributed by atoms with van der Waals surface area (Å²) in [5, 5.41) is 5.04. The fraction of sp³-hybridized carbons (Fsp3) is 0.400. The lowest BCUT2D eigenvalue weighted by Crippen LogP contribution is -2.37. The summed E-state index contributed by atoms with van der Waals surface area (Å²) >= 11 is 7.57. The molecule has 1 heterocycles. The van der Waals surface area contributed by atoms with E-state index >= 15 is 0 Å². The van der Waals surface area contributed by atoms with E-state index in [0.717, 1.165) is 0 Å². The number of nitrogens with zero attached hydrogens (tertiary/aromatic N) is 1. The van der Waals surface area contributed by atoms with Gasteiger partial charge in [-0.2, -0.15) is 0 Å². The Morgan fingerprint density at radius 1 is 1.12 bits per heavy atom. The summed E-state index contributed by atoms with van der Waals surface area (Å²) in [5.41, 5.74) is 0.974. The van der Waals surface area contributed by atoms with Crippen LogP contribution in [0.15, 0.2) is 35.7 Å². The van der Waals surface area contributed by atoms with Crippen LogP contribution in [0, 0.1) is 11.8 Å². The summed E-state index contributed by atoms with van der Waals surface area (Å²) in [5.74, 6) is 0.481. The Morgan fingerprint density at radius 3 is 2.31 bits per heavy atom. The lowest BCUT2D eigenvalue weighted by atomic mass is 10.1. The average Bonchev–Trinajstić information content (AvgIpc) is 3.09. The number of amides is 2. The maximum atomic E-state index is 13.0. The van der Waals surface area contributed by atoms with Gasteiger partial charge in [-0.05, 0) is 41.5 Å². The zero-order chi connectivity index (χ0) is 19.3. The molecular weight excluding hydrogens is 368 g/mol. The quantitative estimate of drug-likeness (QED) is 0.685. The van der Waals surface area contributed by atoms with Crippen molar-refractivity contribution in [3.63, 3.8) is 0 Å². The van der Waals surface area contributed by atoms with E-state index in [2.05, 4.69) is 33.0 Å². The number of rotatable bonds is 7. The number of nitrogens with one attached hydrogen (secondary N) is 1. The van der Waals surface area contributed by atoms with Gasteiger partial charge >= 0.3 is 0 Å². The van der Waals surface area contributed by atoms with Crippen molar-refractivity contribution in [2.45, 2.75) is 27.7 Å². The van der Waals surface area contributed by atoms with E-state index in [4.69, 9.17) is 11.6 Å². The second-order valence-corrected chi connectivity index (χ2v) is 8.48. The van der Waals surface area contributed by atoms with Crippen LogP contribution in [-0.4, -0.2) is 29.8 Å². The Hall–Kier alpha value is -1.85. The van der Waals surface area contributed by atoms with Crippen LogP contribution < -0.4 is 5.32 Å². The number of anilines is 1. The minimum atomic E-state index is -0.229. The Morgan fingerprint density at radius 2 is 1.77 bits per heavy atom. The van der Waals surface area contributed by atoms with Crippen molar-refractivity contribution in [1.29, 1.82) is 0 Å². The van der Waals surface area contributed by atoms with Crippen LogP contribution in [-0.2, 0) is 0 Å². The molecular formula is C20H25ClN2O2S. The van der Waals surface area contributed by atoms with E-state index in [1.807, 2.05) is 16.3 Å². The number of carbonyl (C=O) groups is 2. The first-order valence-corrected chi connectivity index (χ1v) is 9.97. The molecule has 0 radical (unpaired) electrons. The molecule has 0 aliphatic rings. The lowest BCUT2D eigenvalue weighted by Gasteiger charge is -2.26. The molecule has 0 saturated carbocycles. The molecule has 0 unspecified atom stereocenters. The molecule has 0 saturated heterocycles. The first-order chi connectivity index (χ1) is 12.3. The molecule has 0 aliphatic heterocycles. The topological polar surface area (TPSA) is 49.4 Å². The molecule has 2 amide bonds. The Kier molecular flexibility index (Phi) is 7.23. The van der Waals surface area contributed by atoms with Crippen molar-refractivity contribution >= 4 is 40.4 Å². The highest BCUT2D eigenvalue weighted by Crippen LogP contribution is 2.25. The molecule has 6 heteroatoms. The van der Waals surface area contributed by atoms with Crippen molar-refractivity contribution in [3.8, 4) is 0 Å². The van der Waals surface area contributed by atoms with Crippen LogP contribution in [0.4, 0.5) is 5.69 Å². The van der Waals surface area contributed by atoms with Gasteiger partial charge in [0.25, 0.3) is 11.8 Å². The van der Waals surface area contributed by atoms with Gasteiger partial charge in [0.05, 0.1) is 15.6 Å². The first kappa shape index (κ1) is 20.5. The van der Waals surface area contributed by atoms with Crippen molar-refractivity contribution in [2.75, 3.05) is 18.4 Å². The van der Waals surface area contributed by atoms with Crippen LogP contribution in [0.3, 0.4) is 0 Å². The molecule has 0 fully saturated rings. The molecule has 1 aromatic carbocycles. The number of thiophene rings is 1. The van der Waals surface area contributed by atoms with Gasteiger partial charge in [-0.15, -0.1) is 11.3 Å². The maximum Gasteiger partial charge on any atom is 0.265 e. The molecule has 0 spiro atoms. The van der Waals surface area contributed by atoms with Crippen LogP contribution >= 0.6 is 22.9 Å². The zero-order valence-corrected chi connectivity index (χ0v) is 17.2. The van der Waals surface area contributed by atoms with Crippen molar-refractivity contribution in [1.82, 2.24) is 4.90 Å². The third-order valence-electron chi connectivity index (χ3n) is 3.66. The number of halogens is 1. The Balaban J connectivity index is 2.23. The maximum absolute atomic E-state index is 13.0.